The number of benzene rings is 1. The van der Waals surface area contributed by atoms with Gasteiger partial charge in [-0.25, -0.2) is 0 Å². The lowest BCUT2D eigenvalue weighted by Crippen LogP contribution is -2.65. The lowest BCUT2D eigenvalue weighted by atomic mass is 9.75. The summed E-state index contributed by atoms with van der Waals surface area (Å²) in [5, 5.41) is 17.4. The zero-order chi connectivity index (χ0) is 17.2. The molecular weight excluding hydrogens is 328 g/mol. The predicted octanol–water partition coefficient (Wildman–Crippen LogP) is 1.66. The number of hydrogen-bond donors (Lipinski definition) is 3. The molecule has 1 aromatic carbocycles. The van der Waals surface area contributed by atoms with E-state index in [9.17, 15) is 9.90 Å². The van der Waals surface area contributed by atoms with Crippen LogP contribution in [-0.2, 0) is 16.0 Å². The Balaban J connectivity index is 1.69. The van der Waals surface area contributed by atoms with E-state index in [0.717, 1.165) is 31.5 Å². The number of aliphatic hydroxyl groups excluding tert-OH is 1. The molecule has 2 heterocycles. The standard InChI is InChI=1S/C18H25ClN2O3/c1-17(21-16(23)10-13-4-2-3-5-14(13)19)12-18(24-11-15(17)22)6-8-20-9-7-18/h2-5,15,20,22H,6-12H2,1H3,(H,21,23)/t15-,17-/m0/s1. The van der Waals surface area contributed by atoms with E-state index in [0.29, 0.717) is 11.4 Å². The van der Waals surface area contributed by atoms with Gasteiger partial charge in [-0.3, -0.25) is 4.79 Å². The third kappa shape index (κ3) is 3.75. The number of rotatable bonds is 3. The Morgan fingerprint density at radius 3 is 2.83 bits per heavy atom. The molecule has 2 saturated heterocycles. The number of ether oxygens (including phenoxy) is 1. The number of halogens is 1. The quantitative estimate of drug-likeness (QED) is 0.773. The summed E-state index contributed by atoms with van der Waals surface area (Å²) in [6.45, 7) is 3.97. The van der Waals surface area contributed by atoms with Crippen molar-refractivity contribution in [2.45, 2.75) is 49.9 Å². The molecule has 0 radical (unpaired) electrons. The molecular formula is C18H25ClN2O3. The topological polar surface area (TPSA) is 70.6 Å². The van der Waals surface area contributed by atoms with E-state index in [1.54, 1.807) is 6.07 Å². The Bertz CT molecular complexity index is 604. The van der Waals surface area contributed by atoms with Gasteiger partial charge in [-0.05, 0) is 44.5 Å². The first-order valence-corrected chi connectivity index (χ1v) is 8.87. The van der Waals surface area contributed by atoms with Crippen molar-refractivity contribution in [3.63, 3.8) is 0 Å². The lowest BCUT2D eigenvalue weighted by molar-refractivity contribution is -0.174. The first kappa shape index (κ1) is 17.7. The predicted molar refractivity (Wildman–Crippen MR) is 93.1 cm³/mol. The summed E-state index contributed by atoms with van der Waals surface area (Å²) >= 11 is 6.13. The first-order valence-electron chi connectivity index (χ1n) is 8.50. The molecule has 24 heavy (non-hydrogen) atoms. The van der Waals surface area contributed by atoms with Crippen LogP contribution in [0.5, 0.6) is 0 Å². The minimum atomic E-state index is -0.715. The molecule has 2 aliphatic rings. The van der Waals surface area contributed by atoms with Gasteiger partial charge in [0.2, 0.25) is 5.91 Å². The van der Waals surface area contributed by atoms with Gasteiger partial charge in [-0.1, -0.05) is 29.8 Å². The Labute approximate surface area is 147 Å². The minimum Gasteiger partial charge on any atom is -0.388 e. The van der Waals surface area contributed by atoms with E-state index < -0.39 is 11.6 Å². The molecule has 1 amide bonds. The summed E-state index contributed by atoms with van der Waals surface area (Å²) < 4.78 is 5.97. The third-order valence-electron chi connectivity index (χ3n) is 5.22. The average molecular weight is 353 g/mol. The molecule has 0 unspecified atom stereocenters. The van der Waals surface area contributed by atoms with Crippen molar-refractivity contribution in [1.82, 2.24) is 10.6 Å². The van der Waals surface area contributed by atoms with Gasteiger partial charge in [0.15, 0.2) is 0 Å². The van der Waals surface area contributed by atoms with Crippen LogP contribution in [-0.4, -0.2) is 48.0 Å². The molecule has 5 nitrogen and oxygen atoms in total. The second kappa shape index (κ2) is 7.00. The van der Waals surface area contributed by atoms with Gasteiger partial charge < -0.3 is 20.5 Å². The summed E-state index contributed by atoms with van der Waals surface area (Å²) in [4.78, 5) is 12.5. The zero-order valence-electron chi connectivity index (χ0n) is 14.0. The fourth-order valence-electron chi connectivity index (χ4n) is 3.79. The maximum Gasteiger partial charge on any atom is 0.224 e. The second-order valence-corrected chi connectivity index (χ2v) is 7.58. The van der Waals surface area contributed by atoms with Crippen molar-refractivity contribution in [2.24, 2.45) is 0 Å². The average Bonchev–Trinajstić information content (AvgIpc) is 2.54. The van der Waals surface area contributed by atoms with Gasteiger partial charge in [0.1, 0.15) is 6.10 Å². The van der Waals surface area contributed by atoms with Crippen LogP contribution in [0.4, 0.5) is 0 Å². The molecule has 1 aromatic rings. The van der Waals surface area contributed by atoms with Crippen LogP contribution in [0.15, 0.2) is 24.3 Å². The van der Waals surface area contributed by atoms with Gasteiger partial charge in [-0.15, -0.1) is 0 Å². The highest BCUT2D eigenvalue weighted by atomic mass is 35.5. The van der Waals surface area contributed by atoms with E-state index in [-0.39, 0.29) is 24.5 Å². The molecule has 2 atom stereocenters. The number of hydrogen-bond acceptors (Lipinski definition) is 4. The molecule has 3 N–H and O–H groups in total. The molecule has 0 saturated carbocycles. The van der Waals surface area contributed by atoms with Crippen molar-refractivity contribution < 1.29 is 14.6 Å². The zero-order valence-corrected chi connectivity index (χ0v) is 14.7. The van der Waals surface area contributed by atoms with Crippen molar-refractivity contribution in [1.29, 1.82) is 0 Å². The van der Waals surface area contributed by atoms with Crippen molar-refractivity contribution in [3.8, 4) is 0 Å². The van der Waals surface area contributed by atoms with E-state index in [1.165, 1.54) is 0 Å². The number of carbonyl (C=O) groups excluding carboxylic acids is 1. The molecule has 0 aliphatic carbocycles. The number of nitrogens with one attached hydrogen (secondary N) is 2. The number of piperidine rings is 1. The van der Waals surface area contributed by atoms with Crippen LogP contribution < -0.4 is 10.6 Å². The fourth-order valence-corrected chi connectivity index (χ4v) is 3.99. The molecule has 6 heteroatoms. The monoisotopic (exact) mass is 352 g/mol. The van der Waals surface area contributed by atoms with Crippen LogP contribution >= 0.6 is 11.6 Å². The second-order valence-electron chi connectivity index (χ2n) is 7.17. The number of amides is 1. The van der Waals surface area contributed by atoms with Crippen molar-refractivity contribution in [3.05, 3.63) is 34.9 Å². The Hall–Kier alpha value is -1.14. The normalized spacial score (nSPS) is 29.4. The summed E-state index contributed by atoms with van der Waals surface area (Å²) in [6, 6.07) is 7.33. The van der Waals surface area contributed by atoms with Gasteiger partial charge in [-0.2, -0.15) is 0 Å². The van der Waals surface area contributed by atoms with Crippen molar-refractivity contribution >= 4 is 17.5 Å². The fraction of sp³-hybridized carbons (Fsp3) is 0.611. The van der Waals surface area contributed by atoms with Gasteiger partial charge in [0, 0.05) is 11.4 Å². The van der Waals surface area contributed by atoms with Crippen LogP contribution in [0.1, 0.15) is 31.7 Å². The molecule has 2 aliphatic heterocycles. The molecule has 0 aromatic heterocycles. The van der Waals surface area contributed by atoms with Crippen molar-refractivity contribution in [2.75, 3.05) is 19.7 Å². The van der Waals surface area contributed by atoms with Crippen LogP contribution in [0, 0.1) is 0 Å². The molecule has 0 bridgehead atoms. The Kier molecular flexibility index (Phi) is 5.16. The summed E-state index contributed by atoms with van der Waals surface area (Å²) in [5.41, 5.74) is -0.149. The largest absolute Gasteiger partial charge is 0.388 e. The van der Waals surface area contributed by atoms with Crippen LogP contribution in [0.2, 0.25) is 5.02 Å². The van der Waals surface area contributed by atoms with E-state index in [2.05, 4.69) is 10.6 Å². The van der Waals surface area contributed by atoms with E-state index in [4.69, 9.17) is 16.3 Å². The minimum absolute atomic E-state index is 0.129. The highest BCUT2D eigenvalue weighted by molar-refractivity contribution is 6.31. The maximum absolute atomic E-state index is 12.5. The molecule has 1 spiro atoms. The van der Waals surface area contributed by atoms with Gasteiger partial charge in [0.25, 0.3) is 0 Å². The lowest BCUT2D eigenvalue weighted by Gasteiger charge is -2.50. The molecule has 3 rings (SSSR count). The van der Waals surface area contributed by atoms with Crippen LogP contribution in [0.25, 0.3) is 0 Å². The SMILES string of the molecule is C[C@]1(NC(=O)Cc2ccccc2Cl)CC2(CCNCC2)OC[C@@H]1O. The van der Waals surface area contributed by atoms with E-state index in [1.807, 2.05) is 25.1 Å². The number of aliphatic hydroxyl groups is 1. The molecule has 2 fully saturated rings. The Morgan fingerprint density at radius 1 is 1.42 bits per heavy atom. The van der Waals surface area contributed by atoms with E-state index >= 15 is 0 Å². The smallest absolute Gasteiger partial charge is 0.224 e. The maximum atomic E-state index is 12.5. The highest BCUT2D eigenvalue weighted by Crippen LogP contribution is 2.38. The first-order chi connectivity index (χ1) is 11.4. The van der Waals surface area contributed by atoms with Crippen LogP contribution in [0.3, 0.4) is 0 Å². The highest BCUT2D eigenvalue weighted by Gasteiger charge is 2.49. The summed E-state index contributed by atoms with van der Waals surface area (Å²) in [6.07, 6.45) is 1.91. The number of carbonyl (C=O) groups is 1. The van der Waals surface area contributed by atoms with Gasteiger partial charge >= 0.3 is 0 Å². The summed E-state index contributed by atoms with van der Waals surface area (Å²) in [5.74, 6) is -0.129. The summed E-state index contributed by atoms with van der Waals surface area (Å²) in [7, 11) is 0. The Morgan fingerprint density at radius 2 is 2.12 bits per heavy atom. The molecule has 132 valence electrons. The van der Waals surface area contributed by atoms with Gasteiger partial charge in [0.05, 0.1) is 24.2 Å². The third-order valence-corrected chi connectivity index (χ3v) is 5.59.